The standard InChI is InChI=1S/C16H17N7O2.C3H6/c1-25-16-11(3-2-6-18-16)21-12-7-13(20-9-4-5-9)23-15(22-12)10(8-19-23)14(17)24;1-2-3-1/h2-3,6-9,20H,4-5H2,1H3,(H2,17,24)(H,21,22);1-3H2. The minimum Gasteiger partial charge on any atom is -0.480 e. The lowest BCUT2D eigenvalue weighted by Gasteiger charge is -2.12. The molecule has 3 aromatic rings. The van der Waals surface area contributed by atoms with Crippen LogP contribution in [0.15, 0.2) is 30.6 Å². The first-order valence-electron chi connectivity index (χ1n) is 9.37. The number of nitrogens with one attached hydrogen (secondary N) is 2. The Balaban J connectivity index is 0.000000586. The third-order valence-electron chi connectivity index (χ3n) is 4.25. The van der Waals surface area contributed by atoms with Crippen LogP contribution in [0.4, 0.5) is 17.3 Å². The van der Waals surface area contributed by atoms with E-state index in [2.05, 4.69) is 25.7 Å². The molecule has 0 spiro atoms. The highest BCUT2D eigenvalue weighted by Crippen LogP contribution is 2.29. The van der Waals surface area contributed by atoms with E-state index in [0.29, 0.717) is 29.1 Å². The molecule has 2 aliphatic rings. The smallest absolute Gasteiger partial charge is 0.254 e. The Bertz CT molecular complexity index is 992. The average molecular weight is 381 g/mol. The van der Waals surface area contributed by atoms with Crippen LogP contribution in [-0.4, -0.2) is 38.6 Å². The fourth-order valence-electron chi connectivity index (χ4n) is 2.53. The van der Waals surface area contributed by atoms with Gasteiger partial charge < -0.3 is 21.1 Å². The number of hydrogen-bond donors (Lipinski definition) is 3. The van der Waals surface area contributed by atoms with E-state index in [4.69, 9.17) is 10.5 Å². The number of nitrogens with zero attached hydrogens (tertiary/aromatic N) is 4. The maximum absolute atomic E-state index is 11.6. The van der Waals surface area contributed by atoms with Gasteiger partial charge in [0.1, 0.15) is 22.9 Å². The molecule has 0 bridgehead atoms. The molecule has 0 aliphatic heterocycles. The second kappa shape index (κ2) is 7.71. The zero-order valence-corrected chi connectivity index (χ0v) is 15.7. The summed E-state index contributed by atoms with van der Waals surface area (Å²) < 4.78 is 6.84. The first kappa shape index (κ1) is 18.0. The quantitative estimate of drug-likeness (QED) is 0.600. The summed E-state index contributed by atoms with van der Waals surface area (Å²) in [4.78, 5) is 20.3. The molecule has 2 saturated carbocycles. The van der Waals surface area contributed by atoms with Crippen molar-refractivity contribution >= 4 is 28.9 Å². The van der Waals surface area contributed by atoms with Gasteiger partial charge in [-0.15, -0.1) is 0 Å². The minimum absolute atomic E-state index is 0.264. The highest BCUT2D eigenvalue weighted by molar-refractivity contribution is 5.99. The molecule has 2 fully saturated rings. The number of ether oxygens (including phenoxy) is 1. The predicted molar refractivity (Wildman–Crippen MR) is 106 cm³/mol. The van der Waals surface area contributed by atoms with E-state index in [1.165, 1.54) is 25.5 Å². The summed E-state index contributed by atoms with van der Waals surface area (Å²) in [5.41, 5.74) is 6.76. The van der Waals surface area contributed by atoms with Crippen molar-refractivity contribution in [3.8, 4) is 5.88 Å². The molecule has 0 unspecified atom stereocenters. The molecule has 3 heterocycles. The molecule has 3 aromatic heterocycles. The summed E-state index contributed by atoms with van der Waals surface area (Å²) in [5.74, 6) is 1.15. The van der Waals surface area contributed by atoms with Gasteiger partial charge in [0.25, 0.3) is 5.91 Å². The minimum atomic E-state index is -0.573. The normalized spacial score (nSPS) is 14.8. The Morgan fingerprint density at radius 3 is 2.75 bits per heavy atom. The SMILES string of the molecule is C1CC1.COc1ncccc1Nc1cc(NC2CC2)n2ncc(C(N)=O)c2n1. The van der Waals surface area contributed by atoms with E-state index in [9.17, 15) is 4.79 Å². The summed E-state index contributed by atoms with van der Waals surface area (Å²) >= 11 is 0. The van der Waals surface area contributed by atoms with Crippen LogP contribution in [0.3, 0.4) is 0 Å². The number of carbonyl (C=O) groups is 1. The molecule has 0 saturated heterocycles. The van der Waals surface area contributed by atoms with Crippen molar-refractivity contribution in [2.24, 2.45) is 5.73 Å². The maximum atomic E-state index is 11.6. The molecule has 0 atom stereocenters. The fraction of sp³-hybridized carbons (Fsp3) is 0.368. The Hall–Kier alpha value is -3.36. The Morgan fingerprint density at radius 1 is 1.32 bits per heavy atom. The number of nitrogens with two attached hydrogens (primary N) is 1. The van der Waals surface area contributed by atoms with Gasteiger partial charge in [0, 0.05) is 18.3 Å². The summed E-state index contributed by atoms with van der Waals surface area (Å²) in [6.45, 7) is 0. The number of pyridine rings is 1. The van der Waals surface area contributed by atoms with Crippen molar-refractivity contribution in [3.05, 3.63) is 36.2 Å². The number of fused-ring (bicyclic) bond motifs is 1. The molecule has 9 heteroatoms. The predicted octanol–water partition coefficient (Wildman–Crippen LogP) is 2.72. The third-order valence-corrected chi connectivity index (χ3v) is 4.25. The van der Waals surface area contributed by atoms with E-state index in [1.807, 2.05) is 12.1 Å². The van der Waals surface area contributed by atoms with Crippen LogP contribution in [0.5, 0.6) is 5.88 Å². The second-order valence-corrected chi connectivity index (χ2v) is 6.85. The first-order chi connectivity index (χ1) is 13.7. The van der Waals surface area contributed by atoms with Crippen molar-refractivity contribution in [2.75, 3.05) is 17.7 Å². The summed E-state index contributed by atoms with van der Waals surface area (Å²) in [7, 11) is 1.55. The fourth-order valence-corrected chi connectivity index (χ4v) is 2.53. The van der Waals surface area contributed by atoms with E-state index in [-0.39, 0.29) is 5.56 Å². The number of carbonyl (C=O) groups excluding carboxylic acids is 1. The number of aromatic nitrogens is 4. The van der Waals surface area contributed by atoms with E-state index in [1.54, 1.807) is 23.9 Å². The molecule has 146 valence electrons. The van der Waals surface area contributed by atoms with Crippen molar-refractivity contribution in [1.82, 2.24) is 19.6 Å². The number of amides is 1. The van der Waals surface area contributed by atoms with Gasteiger partial charge in [-0.1, -0.05) is 19.3 Å². The van der Waals surface area contributed by atoms with Gasteiger partial charge in [-0.2, -0.15) is 9.61 Å². The Labute approximate surface area is 162 Å². The molecule has 9 nitrogen and oxygen atoms in total. The number of anilines is 3. The van der Waals surface area contributed by atoms with Crippen molar-refractivity contribution in [1.29, 1.82) is 0 Å². The number of methoxy groups -OCH3 is 1. The van der Waals surface area contributed by atoms with E-state index in [0.717, 1.165) is 18.7 Å². The second-order valence-electron chi connectivity index (χ2n) is 6.85. The van der Waals surface area contributed by atoms with Crippen molar-refractivity contribution < 1.29 is 9.53 Å². The largest absolute Gasteiger partial charge is 0.480 e. The van der Waals surface area contributed by atoms with Gasteiger partial charge >= 0.3 is 0 Å². The lowest BCUT2D eigenvalue weighted by molar-refractivity contribution is 0.100. The number of rotatable bonds is 6. The van der Waals surface area contributed by atoms with Crippen LogP contribution in [0.25, 0.3) is 5.65 Å². The highest BCUT2D eigenvalue weighted by Gasteiger charge is 2.24. The maximum Gasteiger partial charge on any atom is 0.254 e. The van der Waals surface area contributed by atoms with Gasteiger partial charge in [0.05, 0.1) is 13.3 Å². The Kier molecular flexibility index (Phi) is 4.96. The summed E-state index contributed by atoms with van der Waals surface area (Å²) in [6.07, 6.45) is 9.78. The molecule has 2 aliphatic carbocycles. The molecule has 0 aromatic carbocycles. The van der Waals surface area contributed by atoms with E-state index < -0.39 is 5.91 Å². The van der Waals surface area contributed by atoms with Crippen LogP contribution in [0.2, 0.25) is 0 Å². The van der Waals surface area contributed by atoms with Crippen molar-refractivity contribution in [3.63, 3.8) is 0 Å². The van der Waals surface area contributed by atoms with Crippen molar-refractivity contribution in [2.45, 2.75) is 38.1 Å². The molecular formula is C19H23N7O2. The number of primary amides is 1. The molecule has 0 radical (unpaired) electrons. The summed E-state index contributed by atoms with van der Waals surface area (Å²) in [6, 6.07) is 5.86. The highest BCUT2D eigenvalue weighted by atomic mass is 16.5. The van der Waals surface area contributed by atoms with Gasteiger partial charge in [-0.25, -0.2) is 9.97 Å². The lowest BCUT2D eigenvalue weighted by atomic mass is 10.3. The zero-order valence-electron chi connectivity index (χ0n) is 15.7. The van der Waals surface area contributed by atoms with Gasteiger partial charge in [-0.3, -0.25) is 4.79 Å². The van der Waals surface area contributed by atoms with Gasteiger partial charge in [0.2, 0.25) is 5.88 Å². The molecule has 1 amide bonds. The molecule has 4 N–H and O–H groups in total. The first-order valence-corrected chi connectivity index (χ1v) is 9.37. The monoisotopic (exact) mass is 381 g/mol. The molecule has 28 heavy (non-hydrogen) atoms. The topological polar surface area (TPSA) is 119 Å². The Morgan fingerprint density at radius 2 is 2.11 bits per heavy atom. The van der Waals surface area contributed by atoms with Gasteiger partial charge in [-0.05, 0) is 25.0 Å². The van der Waals surface area contributed by atoms with Gasteiger partial charge in [0.15, 0.2) is 5.65 Å². The summed E-state index contributed by atoms with van der Waals surface area (Å²) in [5, 5.41) is 10.8. The molecule has 5 rings (SSSR count). The zero-order chi connectivity index (χ0) is 19.5. The average Bonchev–Trinajstić information content (AvgIpc) is 3.61. The molecular weight excluding hydrogens is 358 g/mol. The lowest BCUT2D eigenvalue weighted by Crippen LogP contribution is -2.13. The third kappa shape index (κ3) is 4.13. The van der Waals surface area contributed by atoms with E-state index >= 15 is 0 Å². The van der Waals surface area contributed by atoms with Crippen LogP contribution in [-0.2, 0) is 0 Å². The number of hydrogen-bond acceptors (Lipinski definition) is 7. The van der Waals surface area contributed by atoms with Crippen LogP contribution in [0.1, 0.15) is 42.5 Å². The van der Waals surface area contributed by atoms with Crippen LogP contribution < -0.4 is 21.1 Å². The van der Waals surface area contributed by atoms with Crippen LogP contribution in [0, 0.1) is 0 Å². The van der Waals surface area contributed by atoms with Crippen LogP contribution >= 0.6 is 0 Å².